The van der Waals surface area contributed by atoms with Crippen molar-refractivity contribution in [1.82, 2.24) is 15.1 Å². The summed E-state index contributed by atoms with van der Waals surface area (Å²) in [6.45, 7) is 4.37. The number of ether oxygens (including phenoxy) is 1. The molecule has 0 aliphatic carbocycles. The molecule has 1 heterocycles. The number of hydrogen-bond acceptors (Lipinski definition) is 7. The monoisotopic (exact) mass is 384 g/mol. The zero-order valence-corrected chi connectivity index (χ0v) is 16.2. The molecule has 9 heteroatoms. The second kappa shape index (κ2) is 9.00. The second-order valence-electron chi connectivity index (χ2n) is 5.68. The van der Waals surface area contributed by atoms with Crippen LogP contribution in [0.5, 0.6) is 5.75 Å². The molecule has 6 nitrogen and oxygen atoms in total. The molecule has 1 aromatic carbocycles. The first-order valence-corrected chi connectivity index (χ1v) is 9.48. The number of hydrogen-bond donors (Lipinski definition) is 1. The van der Waals surface area contributed by atoms with E-state index >= 15 is 0 Å². The largest absolute Gasteiger partial charge is 0.494 e. The third kappa shape index (κ3) is 5.86. The Labute approximate surface area is 154 Å². The van der Waals surface area contributed by atoms with E-state index in [9.17, 15) is 9.18 Å². The number of anilines is 1. The van der Waals surface area contributed by atoms with Crippen LogP contribution < -0.4 is 10.1 Å². The molecule has 0 atom stereocenters. The average Bonchev–Trinajstić information content (AvgIpc) is 2.99. The van der Waals surface area contributed by atoms with Crippen LogP contribution >= 0.6 is 23.1 Å². The number of aromatic nitrogens is 2. The first-order chi connectivity index (χ1) is 11.9. The van der Waals surface area contributed by atoms with Gasteiger partial charge in [0.15, 0.2) is 15.9 Å². The van der Waals surface area contributed by atoms with E-state index in [2.05, 4.69) is 15.5 Å². The van der Waals surface area contributed by atoms with Gasteiger partial charge < -0.3 is 15.0 Å². The number of methoxy groups -OCH3 is 1. The summed E-state index contributed by atoms with van der Waals surface area (Å²) in [6.07, 6.45) is 0. The van der Waals surface area contributed by atoms with Gasteiger partial charge in [0.1, 0.15) is 0 Å². The van der Waals surface area contributed by atoms with Gasteiger partial charge in [-0.1, -0.05) is 29.2 Å². The van der Waals surface area contributed by atoms with Crippen LogP contribution in [0.15, 0.2) is 22.5 Å². The molecule has 0 spiro atoms. The van der Waals surface area contributed by atoms with E-state index in [-0.39, 0.29) is 23.5 Å². The molecule has 0 unspecified atom stereocenters. The van der Waals surface area contributed by atoms with Crippen molar-refractivity contribution in [2.45, 2.75) is 30.8 Å². The van der Waals surface area contributed by atoms with Gasteiger partial charge in [-0.15, -0.1) is 10.2 Å². The molecular formula is C16H21FN4O2S2. The van der Waals surface area contributed by atoms with Crippen LogP contribution in [0, 0.1) is 5.82 Å². The number of amides is 1. The average molecular weight is 385 g/mol. The minimum atomic E-state index is -0.436. The molecule has 2 aromatic rings. The molecule has 0 radical (unpaired) electrons. The summed E-state index contributed by atoms with van der Waals surface area (Å²) in [5.74, 6) is -0.0507. The van der Waals surface area contributed by atoms with E-state index in [0.717, 1.165) is 9.47 Å². The molecule has 0 bridgehead atoms. The molecule has 1 amide bonds. The first-order valence-electron chi connectivity index (χ1n) is 7.68. The fraction of sp³-hybridized carbons (Fsp3) is 0.438. The van der Waals surface area contributed by atoms with Crippen LogP contribution in [0.2, 0.25) is 0 Å². The lowest BCUT2D eigenvalue weighted by Crippen LogP contribution is -2.27. The highest BCUT2D eigenvalue weighted by Gasteiger charge is 2.13. The normalized spacial score (nSPS) is 10.8. The predicted octanol–water partition coefficient (Wildman–Crippen LogP) is 3.26. The molecule has 25 heavy (non-hydrogen) atoms. The number of nitrogens with zero attached hydrogens (tertiary/aromatic N) is 3. The van der Waals surface area contributed by atoms with Crippen LogP contribution in [-0.2, 0) is 11.3 Å². The van der Waals surface area contributed by atoms with Crippen LogP contribution in [-0.4, -0.2) is 47.0 Å². The summed E-state index contributed by atoms with van der Waals surface area (Å²) >= 11 is 2.76. The van der Waals surface area contributed by atoms with Gasteiger partial charge in [0.2, 0.25) is 11.0 Å². The van der Waals surface area contributed by atoms with Crippen LogP contribution in [0.25, 0.3) is 0 Å². The Hall–Kier alpha value is -1.87. The van der Waals surface area contributed by atoms with E-state index < -0.39 is 5.82 Å². The van der Waals surface area contributed by atoms with E-state index in [1.54, 1.807) is 24.1 Å². The lowest BCUT2D eigenvalue weighted by Gasteiger charge is -2.17. The summed E-state index contributed by atoms with van der Waals surface area (Å²) in [4.78, 5) is 13.8. The molecule has 1 aromatic heterocycles. The Balaban J connectivity index is 1.85. The van der Waals surface area contributed by atoms with E-state index in [1.807, 2.05) is 13.8 Å². The number of halogens is 1. The van der Waals surface area contributed by atoms with E-state index in [4.69, 9.17) is 4.74 Å². The predicted molar refractivity (Wildman–Crippen MR) is 98.8 cm³/mol. The Morgan fingerprint density at radius 3 is 2.84 bits per heavy atom. The third-order valence-corrected chi connectivity index (χ3v) is 5.17. The van der Waals surface area contributed by atoms with Crippen molar-refractivity contribution >= 4 is 34.1 Å². The lowest BCUT2D eigenvalue weighted by atomic mass is 10.2. The van der Waals surface area contributed by atoms with Crippen molar-refractivity contribution in [2.24, 2.45) is 0 Å². The van der Waals surface area contributed by atoms with Gasteiger partial charge in [0.25, 0.3) is 0 Å². The molecular weight excluding hydrogens is 363 g/mol. The van der Waals surface area contributed by atoms with Crippen LogP contribution in [0.4, 0.5) is 9.52 Å². The molecule has 0 fully saturated rings. The number of thioether (sulfide) groups is 1. The number of benzene rings is 1. The van der Waals surface area contributed by atoms with E-state index in [0.29, 0.717) is 12.1 Å². The molecule has 1 N–H and O–H groups in total. The maximum atomic E-state index is 13.7. The van der Waals surface area contributed by atoms with Gasteiger partial charge in [-0.25, -0.2) is 4.39 Å². The van der Waals surface area contributed by atoms with Gasteiger partial charge in [0, 0.05) is 19.6 Å². The first kappa shape index (κ1) is 19.5. The third-order valence-electron chi connectivity index (χ3n) is 3.20. The zero-order valence-electron chi connectivity index (χ0n) is 14.6. The molecule has 2 rings (SSSR count). The number of rotatable bonds is 8. The molecule has 0 aliphatic rings. The van der Waals surface area contributed by atoms with Crippen LogP contribution in [0.3, 0.4) is 0 Å². The van der Waals surface area contributed by atoms with Gasteiger partial charge >= 0.3 is 0 Å². The number of carbonyl (C=O) groups is 1. The minimum absolute atomic E-state index is 0.0604. The van der Waals surface area contributed by atoms with Crippen molar-refractivity contribution in [3.05, 3.63) is 29.6 Å². The van der Waals surface area contributed by atoms with Gasteiger partial charge in [-0.2, -0.15) is 0 Å². The molecule has 0 saturated carbocycles. The fourth-order valence-corrected chi connectivity index (χ4v) is 3.82. The molecule has 0 aliphatic heterocycles. The Bertz CT molecular complexity index is 724. The zero-order chi connectivity index (χ0) is 18.4. The van der Waals surface area contributed by atoms with Crippen molar-refractivity contribution < 1.29 is 13.9 Å². The quantitative estimate of drug-likeness (QED) is 0.705. The Morgan fingerprint density at radius 1 is 1.44 bits per heavy atom. The number of nitrogens with one attached hydrogen (secondary N) is 1. The Kier molecular flexibility index (Phi) is 7.01. The SMILES string of the molecule is COc1ccc(CN(C)C(=O)CSc2nnc(NC(C)C)s2)cc1F. The summed E-state index contributed by atoms with van der Waals surface area (Å²) in [5, 5.41) is 12.0. The number of carbonyl (C=O) groups excluding carboxylic acids is 1. The summed E-state index contributed by atoms with van der Waals surface area (Å²) in [7, 11) is 3.11. The maximum absolute atomic E-state index is 13.7. The highest BCUT2D eigenvalue weighted by Crippen LogP contribution is 2.26. The van der Waals surface area contributed by atoms with Gasteiger partial charge in [-0.3, -0.25) is 4.79 Å². The lowest BCUT2D eigenvalue weighted by molar-refractivity contribution is -0.127. The highest BCUT2D eigenvalue weighted by molar-refractivity contribution is 8.01. The standard InChI is InChI=1S/C16H21FN4O2S2/c1-10(2)18-15-19-20-16(25-15)24-9-14(22)21(3)8-11-5-6-13(23-4)12(17)7-11/h5-7,10H,8-9H2,1-4H3,(H,18,19). The fourth-order valence-electron chi connectivity index (χ4n) is 1.98. The summed E-state index contributed by atoms with van der Waals surface area (Å²) in [5.41, 5.74) is 0.707. The Morgan fingerprint density at radius 2 is 2.20 bits per heavy atom. The van der Waals surface area contributed by atoms with E-state index in [1.165, 1.54) is 36.3 Å². The molecule has 136 valence electrons. The summed E-state index contributed by atoms with van der Waals surface area (Å²) in [6, 6.07) is 4.96. The van der Waals surface area contributed by atoms with Gasteiger partial charge in [-0.05, 0) is 31.5 Å². The topological polar surface area (TPSA) is 67.3 Å². The van der Waals surface area contributed by atoms with Crippen LogP contribution in [0.1, 0.15) is 19.4 Å². The van der Waals surface area contributed by atoms with Gasteiger partial charge in [0.05, 0.1) is 12.9 Å². The van der Waals surface area contributed by atoms with Crippen molar-refractivity contribution in [3.63, 3.8) is 0 Å². The second-order valence-corrected chi connectivity index (χ2v) is 7.88. The molecule has 0 saturated heterocycles. The summed E-state index contributed by atoms with van der Waals surface area (Å²) < 4.78 is 19.3. The minimum Gasteiger partial charge on any atom is -0.494 e. The smallest absolute Gasteiger partial charge is 0.233 e. The highest BCUT2D eigenvalue weighted by atomic mass is 32.2. The van der Waals surface area contributed by atoms with Crippen molar-refractivity contribution in [2.75, 3.05) is 25.2 Å². The van der Waals surface area contributed by atoms with Crippen molar-refractivity contribution in [1.29, 1.82) is 0 Å². The van der Waals surface area contributed by atoms with Crippen molar-refractivity contribution in [3.8, 4) is 5.75 Å². The maximum Gasteiger partial charge on any atom is 0.233 e.